The molecule has 0 spiro atoms. The van der Waals surface area contributed by atoms with Gasteiger partial charge in [0.05, 0.1) is 5.88 Å². The molecule has 0 bridgehead atoms. The number of nitrogens with one attached hydrogen (secondary N) is 2. The SMILES string of the molecule is ClCC(Nc1nccs1)Nc1nccs1. The van der Waals surface area contributed by atoms with Crippen molar-refractivity contribution in [3.8, 4) is 0 Å². The number of rotatable bonds is 5. The largest absolute Gasteiger partial charge is 0.340 e. The molecule has 0 amide bonds. The lowest BCUT2D eigenvalue weighted by Gasteiger charge is -2.15. The van der Waals surface area contributed by atoms with Crippen LogP contribution in [-0.4, -0.2) is 22.0 Å². The summed E-state index contributed by atoms with van der Waals surface area (Å²) in [6.07, 6.45) is 3.45. The number of anilines is 2. The summed E-state index contributed by atoms with van der Waals surface area (Å²) in [6.45, 7) is 0. The summed E-state index contributed by atoms with van der Waals surface area (Å²) >= 11 is 8.91. The molecule has 0 radical (unpaired) electrons. The van der Waals surface area contributed by atoms with E-state index in [-0.39, 0.29) is 6.17 Å². The first-order valence-electron chi connectivity index (χ1n) is 4.26. The second-order valence-electron chi connectivity index (χ2n) is 2.67. The van der Waals surface area contributed by atoms with Gasteiger partial charge in [-0.15, -0.1) is 34.3 Å². The maximum atomic E-state index is 5.83. The molecule has 80 valence electrons. The predicted molar refractivity (Wildman–Crippen MR) is 66.0 cm³/mol. The Balaban J connectivity index is 1.93. The third-order valence-electron chi connectivity index (χ3n) is 1.61. The molecule has 0 unspecified atom stereocenters. The highest BCUT2D eigenvalue weighted by Gasteiger charge is 2.08. The first-order valence-corrected chi connectivity index (χ1v) is 6.56. The third kappa shape index (κ3) is 3.05. The standard InChI is InChI=1S/C8H9ClN4S2/c9-5-6(12-7-10-1-3-14-7)13-8-11-2-4-15-8/h1-4,6H,5H2,(H,10,12)(H,11,13). The van der Waals surface area contributed by atoms with E-state index >= 15 is 0 Å². The molecule has 0 aliphatic heterocycles. The highest BCUT2D eigenvalue weighted by molar-refractivity contribution is 7.14. The fourth-order valence-corrected chi connectivity index (χ4v) is 2.32. The van der Waals surface area contributed by atoms with E-state index in [1.54, 1.807) is 35.1 Å². The summed E-state index contributed by atoms with van der Waals surface area (Å²) in [5, 5.41) is 11.9. The van der Waals surface area contributed by atoms with Gasteiger partial charge in [0.1, 0.15) is 6.17 Å². The number of halogens is 1. The van der Waals surface area contributed by atoms with E-state index in [1.165, 1.54) is 0 Å². The molecule has 2 aromatic rings. The van der Waals surface area contributed by atoms with Crippen molar-refractivity contribution >= 4 is 44.5 Å². The molecule has 0 atom stereocenters. The van der Waals surface area contributed by atoms with Crippen LogP contribution in [0.2, 0.25) is 0 Å². The zero-order valence-electron chi connectivity index (χ0n) is 7.68. The number of nitrogens with zero attached hydrogens (tertiary/aromatic N) is 2. The molecule has 0 aliphatic rings. The van der Waals surface area contributed by atoms with Crippen molar-refractivity contribution in [3.05, 3.63) is 23.2 Å². The van der Waals surface area contributed by atoms with Gasteiger partial charge in [-0.1, -0.05) is 0 Å². The van der Waals surface area contributed by atoms with Crippen LogP contribution in [0, 0.1) is 0 Å². The first kappa shape index (κ1) is 10.7. The molecule has 4 nitrogen and oxygen atoms in total. The van der Waals surface area contributed by atoms with Gasteiger partial charge in [0, 0.05) is 23.2 Å². The van der Waals surface area contributed by atoms with Gasteiger partial charge >= 0.3 is 0 Å². The van der Waals surface area contributed by atoms with Gasteiger partial charge in [0.2, 0.25) is 0 Å². The third-order valence-corrected chi connectivity index (χ3v) is 3.33. The predicted octanol–water partition coefficient (Wildman–Crippen LogP) is 2.69. The summed E-state index contributed by atoms with van der Waals surface area (Å²) < 4.78 is 0. The molecule has 7 heteroatoms. The summed E-state index contributed by atoms with van der Waals surface area (Å²) in [4.78, 5) is 8.25. The van der Waals surface area contributed by atoms with Gasteiger partial charge in [0.25, 0.3) is 0 Å². The maximum absolute atomic E-state index is 5.83. The van der Waals surface area contributed by atoms with E-state index in [4.69, 9.17) is 11.6 Å². The second-order valence-corrected chi connectivity index (χ2v) is 4.77. The lowest BCUT2D eigenvalue weighted by Crippen LogP contribution is -2.30. The van der Waals surface area contributed by atoms with Gasteiger partial charge in [0.15, 0.2) is 10.3 Å². The van der Waals surface area contributed by atoms with Crippen LogP contribution in [0.5, 0.6) is 0 Å². The van der Waals surface area contributed by atoms with E-state index < -0.39 is 0 Å². The normalized spacial score (nSPS) is 10.5. The summed E-state index contributed by atoms with van der Waals surface area (Å²) in [5.41, 5.74) is 0. The zero-order chi connectivity index (χ0) is 10.5. The fourth-order valence-electron chi connectivity index (χ4n) is 1.00. The van der Waals surface area contributed by atoms with Gasteiger partial charge in [-0.2, -0.15) is 0 Å². The van der Waals surface area contributed by atoms with Crippen LogP contribution in [-0.2, 0) is 0 Å². The van der Waals surface area contributed by atoms with Gasteiger partial charge < -0.3 is 10.6 Å². The second kappa shape index (κ2) is 5.29. The number of aromatic nitrogens is 2. The molecule has 2 aromatic heterocycles. The Labute approximate surface area is 100 Å². The van der Waals surface area contributed by atoms with Gasteiger partial charge in [-0.25, -0.2) is 9.97 Å². The topological polar surface area (TPSA) is 49.8 Å². The van der Waals surface area contributed by atoms with E-state index in [1.807, 2.05) is 10.8 Å². The lowest BCUT2D eigenvalue weighted by molar-refractivity contribution is 0.917. The minimum absolute atomic E-state index is 0.0519. The molecule has 0 fully saturated rings. The van der Waals surface area contributed by atoms with Crippen LogP contribution < -0.4 is 10.6 Å². The van der Waals surface area contributed by atoms with E-state index in [2.05, 4.69) is 20.6 Å². The van der Waals surface area contributed by atoms with Crippen molar-refractivity contribution in [2.75, 3.05) is 16.5 Å². The molecule has 15 heavy (non-hydrogen) atoms. The quantitative estimate of drug-likeness (QED) is 0.641. The minimum atomic E-state index is -0.0519. The molecule has 0 saturated carbocycles. The van der Waals surface area contributed by atoms with Crippen LogP contribution in [0.4, 0.5) is 10.3 Å². The molecule has 0 saturated heterocycles. The molecule has 2 N–H and O–H groups in total. The lowest BCUT2D eigenvalue weighted by atomic mass is 10.5. The van der Waals surface area contributed by atoms with E-state index in [9.17, 15) is 0 Å². The van der Waals surface area contributed by atoms with Crippen molar-refractivity contribution in [1.29, 1.82) is 0 Å². The van der Waals surface area contributed by atoms with Crippen LogP contribution in [0.25, 0.3) is 0 Å². The minimum Gasteiger partial charge on any atom is -0.340 e. The Bertz CT molecular complexity index is 339. The van der Waals surface area contributed by atoms with Crippen LogP contribution in [0.3, 0.4) is 0 Å². The summed E-state index contributed by atoms with van der Waals surface area (Å²) in [7, 11) is 0. The highest BCUT2D eigenvalue weighted by Crippen LogP contribution is 2.16. The Hall–Kier alpha value is -0.850. The van der Waals surface area contributed by atoms with Crippen LogP contribution >= 0.6 is 34.3 Å². The maximum Gasteiger partial charge on any atom is 0.184 e. The monoisotopic (exact) mass is 260 g/mol. The number of alkyl halides is 1. The van der Waals surface area contributed by atoms with Crippen molar-refractivity contribution in [3.63, 3.8) is 0 Å². The van der Waals surface area contributed by atoms with Crippen molar-refractivity contribution in [1.82, 2.24) is 9.97 Å². The molecule has 0 aromatic carbocycles. The van der Waals surface area contributed by atoms with Crippen molar-refractivity contribution in [2.24, 2.45) is 0 Å². The summed E-state index contributed by atoms with van der Waals surface area (Å²) in [6, 6.07) is 0. The number of hydrogen-bond acceptors (Lipinski definition) is 6. The Morgan fingerprint density at radius 2 is 1.67 bits per heavy atom. The first-order chi connectivity index (χ1) is 7.38. The molecule has 0 aliphatic carbocycles. The van der Waals surface area contributed by atoms with Crippen molar-refractivity contribution < 1.29 is 0 Å². The van der Waals surface area contributed by atoms with E-state index in [0.29, 0.717) is 5.88 Å². The average Bonchev–Trinajstić information content (AvgIpc) is 2.89. The highest BCUT2D eigenvalue weighted by atomic mass is 35.5. The molecule has 2 heterocycles. The van der Waals surface area contributed by atoms with Crippen LogP contribution in [0.1, 0.15) is 0 Å². The van der Waals surface area contributed by atoms with Gasteiger partial charge in [-0.05, 0) is 0 Å². The number of hydrogen-bond donors (Lipinski definition) is 2. The molecular formula is C8H9ClN4S2. The van der Waals surface area contributed by atoms with Crippen LogP contribution in [0.15, 0.2) is 23.2 Å². The summed E-state index contributed by atoms with van der Waals surface area (Å²) in [5.74, 6) is 0.444. The van der Waals surface area contributed by atoms with E-state index in [0.717, 1.165) is 10.3 Å². The Kier molecular flexibility index (Phi) is 3.76. The Morgan fingerprint density at radius 1 is 1.13 bits per heavy atom. The smallest absolute Gasteiger partial charge is 0.184 e. The average molecular weight is 261 g/mol. The fraction of sp³-hybridized carbons (Fsp3) is 0.250. The molecular weight excluding hydrogens is 252 g/mol. The zero-order valence-corrected chi connectivity index (χ0v) is 10.1. The van der Waals surface area contributed by atoms with Crippen molar-refractivity contribution in [2.45, 2.75) is 6.17 Å². The number of thiazole rings is 2. The van der Waals surface area contributed by atoms with Gasteiger partial charge in [-0.3, -0.25) is 0 Å². The Morgan fingerprint density at radius 3 is 2.00 bits per heavy atom. The molecule has 2 rings (SSSR count).